The lowest BCUT2D eigenvalue weighted by molar-refractivity contribution is -0.0310. The van der Waals surface area contributed by atoms with E-state index in [4.69, 9.17) is 19.9 Å². The zero-order valence-corrected chi connectivity index (χ0v) is 19.9. The van der Waals surface area contributed by atoms with Gasteiger partial charge in [-0.3, -0.25) is 5.73 Å². The van der Waals surface area contributed by atoms with Gasteiger partial charge in [-0.2, -0.15) is 4.99 Å². The minimum atomic E-state index is -1.29. The first-order chi connectivity index (χ1) is 16.1. The van der Waals surface area contributed by atoms with E-state index in [0.29, 0.717) is 50.5 Å². The molecule has 0 aliphatic carbocycles. The van der Waals surface area contributed by atoms with Crippen LogP contribution in [0.1, 0.15) is 32.8 Å². The first-order valence-electron chi connectivity index (χ1n) is 11.4. The van der Waals surface area contributed by atoms with E-state index in [0.717, 1.165) is 0 Å². The number of aliphatic imine (C=N–C) groups is 1. The first-order valence-corrected chi connectivity index (χ1v) is 11.4. The number of carbonyl (C=O) groups is 1. The highest BCUT2D eigenvalue weighted by molar-refractivity contribution is 5.97. The second kappa shape index (κ2) is 9.45. The van der Waals surface area contributed by atoms with Crippen LogP contribution < -0.4 is 11.1 Å². The fourth-order valence-corrected chi connectivity index (χ4v) is 4.08. The summed E-state index contributed by atoms with van der Waals surface area (Å²) < 4.78 is 17.2. The number of rotatable bonds is 4. The van der Waals surface area contributed by atoms with Crippen molar-refractivity contribution in [2.24, 2.45) is 10.7 Å². The summed E-state index contributed by atoms with van der Waals surface area (Å²) in [5.74, 6) is -1.05. The first kappa shape index (κ1) is 24.3. The molecule has 0 saturated carbocycles. The fraction of sp³-hybridized carbons (Fsp3) is 0.636. The largest absolute Gasteiger partial charge is 0.467 e. The standard InChI is InChI=1S/C22H33N7O5/c1-20(2,3)34-19(31)28-5-4-21(13-28,14-30)33-18-10-17(16-11-24-15-25-12-16)26-22(23,27-18)29-6-8-32-9-7-29/h10-12,15,26,30H,4-9,13-14,23H2,1-3H3/t21-,22?/m0/s1. The minimum Gasteiger partial charge on any atom is -0.467 e. The second-order valence-electron chi connectivity index (χ2n) is 9.68. The number of aliphatic hydroxyl groups excluding tert-OH is 1. The van der Waals surface area contributed by atoms with Gasteiger partial charge in [-0.05, 0) is 20.8 Å². The van der Waals surface area contributed by atoms with Gasteiger partial charge in [-0.1, -0.05) is 0 Å². The highest BCUT2D eigenvalue weighted by Crippen LogP contribution is 2.30. The molecule has 2 saturated heterocycles. The molecule has 1 aromatic heterocycles. The number of ether oxygens (including phenoxy) is 3. The van der Waals surface area contributed by atoms with Crippen molar-refractivity contribution in [2.45, 2.75) is 44.3 Å². The van der Waals surface area contributed by atoms with Crippen molar-refractivity contribution in [2.75, 3.05) is 46.0 Å². The fourth-order valence-electron chi connectivity index (χ4n) is 4.08. The Balaban J connectivity index is 1.59. The molecule has 3 aliphatic heterocycles. The normalized spacial score (nSPS) is 28.1. The van der Waals surface area contributed by atoms with Crippen molar-refractivity contribution in [3.05, 3.63) is 30.4 Å². The van der Waals surface area contributed by atoms with Gasteiger partial charge < -0.3 is 29.5 Å². The molecule has 1 unspecified atom stereocenters. The van der Waals surface area contributed by atoms with Gasteiger partial charge in [0.2, 0.25) is 11.8 Å². The number of aromatic nitrogens is 2. The maximum absolute atomic E-state index is 12.6. The molecule has 12 heteroatoms. The third kappa shape index (κ3) is 5.46. The molecule has 4 N–H and O–H groups in total. The van der Waals surface area contributed by atoms with Gasteiger partial charge in [-0.25, -0.2) is 19.7 Å². The number of hydrogen-bond acceptors (Lipinski definition) is 11. The Kier molecular flexibility index (Phi) is 6.76. The van der Waals surface area contributed by atoms with Crippen LogP contribution >= 0.6 is 0 Å². The molecule has 186 valence electrons. The molecule has 1 amide bonds. The highest BCUT2D eigenvalue weighted by Gasteiger charge is 2.45. The van der Waals surface area contributed by atoms with Gasteiger partial charge in [0.05, 0.1) is 32.1 Å². The molecule has 2 atom stereocenters. The van der Waals surface area contributed by atoms with E-state index in [9.17, 15) is 9.90 Å². The molecule has 2 fully saturated rings. The molecular formula is C22H33N7O5. The average molecular weight is 476 g/mol. The monoisotopic (exact) mass is 475 g/mol. The number of nitrogens with zero attached hydrogens (tertiary/aromatic N) is 5. The number of nitrogens with one attached hydrogen (secondary N) is 1. The highest BCUT2D eigenvalue weighted by atomic mass is 16.6. The van der Waals surface area contributed by atoms with Gasteiger partial charge >= 0.3 is 6.09 Å². The number of nitrogens with two attached hydrogens (primary N) is 1. The third-order valence-electron chi connectivity index (χ3n) is 5.81. The smallest absolute Gasteiger partial charge is 0.410 e. The Morgan fingerprint density at radius 2 is 1.97 bits per heavy atom. The van der Waals surface area contributed by atoms with Gasteiger partial charge in [0.25, 0.3) is 0 Å². The van der Waals surface area contributed by atoms with Crippen LogP contribution in [0.4, 0.5) is 4.79 Å². The van der Waals surface area contributed by atoms with Gasteiger partial charge in [0, 0.05) is 50.1 Å². The number of likely N-dealkylation sites (tertiary alicyclic amines) is 1. The van der Waals surface area contributed by atoms with Crippen LogP contribution in [0, 0.1) is 0 Å². The topological polar surface area (TPSA) is 148 Å². The molecule has 4 rings (SSSR count). The van der Waals surface area contributed by atoms with E-state index >= 15 is 0 Å². The lowest BCUT2D eigenvalue weighted by Crippen LogP contribution is -2.67. The maximum Gasteiger partial charge on any atom is 0.410 e. The molecule has 4 heterocycles. The number of morpholine rings is 1. The van der Waals surface area contributed by atoms with Crippen molar-refractivity contribution >= 4 is 17.7 Å². The number of carbonyl (C=O) groups excluding carboxylic acids is 1. The summed E-state index contributed by atoms with van der Waals surface area (Å²) in [5, 5.41) is 13.5. The van der Waals surface area contributed by atoms with Gasteiger partial charge in [0.15, 0.2) is 5.60 Å². The van der Waals surface area contributed by atoms with Crippen LogP contribution in [0.15, 0.2) is 29.8 Å². The molecule has 1 aromatic rings. The van der Waals surface area contributed by atoms with Crippen LogP contribution in [-0.2, 0) is 14.2 Å². The van der Waals surface area contributed by atoms with Crippen molar-refractivity contribution in [3.8, 4) is 0 Å². The maximum atomic E-state index is 12.6. The van der Waals surface area contributed by atoms with Crippen molar-refractivity contribution in [3.63, 3.8) is 0 Å². The van der Waals surface area contributed by atoms with Gasteiger partial charge in [0.1, 0.15) is 11.9 Å². The molecule has 3 aliphatic rings. The van der Waals surface area contributed by atoms with E-state index < -0.39 is 23.2 Å². The van der Waals surface area contributed by atoms with E-state index in [1.165, 1.54) is 11.2 Å². The molecular weight excluding hydrogens is 442 g/mol. The van der Waals surface area contributed by atoms with E-state index in [-0.39, 0.29) is 19.0 Å². The third-order valence-corrected chi connectivity index (χ3v) is 5.81. The van der Waals surface area contributed by atoms with Crippen LogP contribution in [0.3, 0.4) is 0 Å². The van der Waals surface area contributed by atoms with E-state index in [2.05, 4.69) is 20.3 Å². The zero-order valence-electron chi connectivity index (χ0n) is 19.9. The quantitative estimate of drug-likeness (QED) is 0.548. The molecule has 12 nitrogen and oxygen atoms in total. The molecule has 34 heavy (non-hydrogen) atoms. The minimum absolute atomic E-state index is 0.164. The Hall–Kier alpha value is -2.80. The summed E-state index contributed by atoms with van der Waals surface area (Å²) in [4.78, 5) is 28.9. The van der Waals surface area contributed by atoms with Crippen molar-refractivity contribution < 1.29 is 24.1 Å². The van der Waals surface area contributed by atoms with Crippen LogP contribution in [0.25, 0.3) is 5.70 Å². The Labute approximate surface area is 198 Å². The SMILES string of the molecule is CC(C)(C)OC(=O)N1CC[C@](CO)(OC2=NC(N)(N3CCOCC3)NC(c3cncnc3)=C2)C1. The van der Waals surface area contributed by atoms with Gasteiger partial charge in [-0.15, -0.1) is 0 Å². The Bertz CT molecular complexity index is 945. The molecule has 0 bridgehead atoms. The van der Waals surface area contributed by atoms with Crippen molar-refractivity contribution in [1.82, 2.24) is 25.1 Å². The second-order valence-corrected chi connectivity index (χ2v) is 9.68. The van der Waals surface area contributed by atoms with E-state index in [1.54, 1.807) is 18.5 Å². The lowest BCUT2D eigenvalue weighted by Gasteiger charge is -2.43. The number of hydrogen-bond donors (Lipinski definition) is 3. The lowest BCUT2D eigenvalue weighted by atomic mass is 10.0. The summed E-state index contributed by atoms with van der Waals surface area (Å²) in [7, 11) is 0. The summed E-state index contributed by atoms with van der Waals surface area (Å²) in [6.45, 7) is 7.92. The average Bonchev–Trinajstić information content (AvgIpc) is 3.23. The Morgan fingerprint density at radius 1 is 1.26 bits per heavy atom. The van der Waals surface area contributed by atoms with E-state index in [1.807, 2.05) is 25.7 Å². The predicted octanol–water partition coefficient (Wildman–Crippen LogP) is 0.110. The summed E-state index contributed by atoms with van der Waals surface area (Å²) in [6.07, 6.45) is 6.45. The molecule has 0 aromatic carbocycles. The van der Waals surface area contributed by atoms with Crippen LogP contribution in [-0.4, -0.2) is 100.0 Å². The van der Waals surface area contributed by atoms with Crippen LogP contribution in [0.2, 0.25) is 0 Å². The summed E-state index contributed by atoms with van der Waals surface area (Å²) >= 11 is 0. The molecule has 0 spiro atoms. The Morgan fingerprint density at radius 3 is 2.62 bits per heavy atom. The van der Waals surface area contributed by atoms with Crippen LogP contribution in [0.5, 0.6) is 0 Å². The van der Waals surface area contributed by atoms with Crippen molar-refractivity contribution in [1.29, 1.82) is 0 Å². The predicted molar refractivity (Wildman–Crippen MR) is 123 cm³/mol. The summed E-state index contributed by atoms with van der Waals surface area (Å²) in [5.41, 5.74) is 6.41. The number of aliphatic hydroxyl groups is 1. The number of amides is 1. The molecule has 0 radical (unpaired) electrons. The summed E-state index contributed by atoms with van der Waals surface area (Å²) in [6, 6.07) is 0. The zero-order chi connectivity index (χ0) is 24.4.